The van der Waals surface area contributed by atoms with Gasteiger partial charge in [0.05, 0.1) is 19.8 Å². The highest BCUT2D eigenvalue weighted by molar-refractivity contribution is 5.69. The van der Waals surface area contributed by atoms with Crippen molar-refractivity contribution in [2.24, 2.45) is 0 Å². The van der Waals surface area contributed by atoms with E-state index in [2.05, 4.69) is 13.8 Å². The number of carbonyl (C=O) groups excluding carboxylic acids is 1. The Kier molecular flexibility index (Phi) is 30.9. The topological polar surface area (TPSA) is 44.8 Å². The van der Waals surface area contributed by atoms with Gasteiger partial charge in [0.2, 0.25) is 0 Å². The van der Waals surface area contributed by atoms with Crippen LogP contribution in [0.3, 0.4) is 0 Å². The number of ether oxygens (including phenoxy) is 3. The summed E-state index contributed by atoms with van der Waals surface area (Å²) in [6.45, 7) is 7.39. The maximum atomic E-state index is 11.7. The predicted molar refractivity (Wildman–Crippen MR) is 150 cm³/mol. The molecular weight excluding hydrogens is 436 g/mol. The highest BCUT2D eigenvalue weighted by Gasteiger charge is 2.02. The summed E-state index contributed by atoms with van der Waals surface area (Å²) in [7, 11) is 0. The summed E-state index contributed by atoms with van der Waals surface area (Å²) >= 11 is 0. The summed E-state index contributed by atoms with van der Waals surface area (Å²) in [4.78, 5) is 11.7. The molecule has 0 bridgehead atoms. The van der Waals surface area contributed by atoms with Gasteiger partial charge in [-0.25, -0.2) is 0 Å². The van der Waals surface area contributed by atoms with E-state index in [4.69, 9.17) is 14.2 Å². The first kappa shape index (κ1) is 34.4. The Hall–Kier alpha value is -0.610. The van der Waals surface area contributed by atoms with Crippen LogP contribution >= 0.6 is 0 Å². The monoisotopic (exact) mass is 498 g/mol. The molecular formula is C31H62O4. The molecule has 0 unspecified atom stereocenters. The summed E-state index contributed by atoms with van der Waals surface area (Å²) in [5.74, 6) is -0.0878. The van der Waals surface area contributed by atoms with Crippen LogP contribution in [0, 0.1) is 0 Å². The highest BCUT2D eigenvalue weighted by atomic mass is 16.6. The summed E-state index contributed by atoms with van der Waals surface area (Å²) in [5.41, 5.74) is 0. The van der Waals surface area contributed by atoms with E-state index < -0.39 is 0 Å². The first-order chi connectivity index (χ1) is 17.3. The van der Waals surface area contributed by atoms with Crippen molar-refractivity contribution in [3.8, 4) is 0 Å². The summed E-state index contributed by atoms with van der Waals surface area (Å²) in [6, 6.07) is 0. The fourth-order valence-corrected chi connectivity index (χ4v) is 4.41. The third kappa shape index (κ3) is 31.4. The second-order valence-electron chi connectivity index (χ2n) is 10.3. The molecule has 0 atom stereocenters. The van der Waals surface area contributed by atoms with Gasteiger partial charge < -0.3 is 14.2 Å². The number of esters is 1. The molecule has 0 heterocycles. The predicted octanol–water partition coefficient (Wildman–Crippen LogP) is 9.57. The van der Waals surface area contributed by atoms with Crippen molar-refractivity contribution in [2.45, 2.75) is 162 Å². The van der Waals surface area contributed by atoms with Crippen molar-refractivity contribution in [2.75, 3.05) is 33.0 Å². The van der Waals surface area contributed by atoms with E-state index >= 15 is 0 Å². The minimum absolute atomic E-state index is 0.0878. The van der Waals surface area contributed by atoms with E-state index in [1.54, 1.807) is 0 Å². The van der Waals surface area contributed by atoms with E-state index in [0.717, 1.165) is 25.9 Å². The van der Waals surface area contributed by atoms with Crippen LogP contribution in [-0.2, 0) is 19.0 Å². The van der Waals surface area contributed by atoms with Crippen LogP contribution in [0.4, 0.5) is 0 Å². The Morgan fingerprint density at radius 3 is 1.20 bits per heavy atom. The zero-order valence-corrected chi connectivity index (χ0v) is 23.9. The Balaban J connectivity index is 3.12. The fourth-order valence-electron chi connectivity index (χ4n) is 4.41. The molecule has 4 heteroatoms. The molecule has 0 aromatic heterocycles. The van der Waals surface area contributed by atoms with Gasteiger partial charge in [0.15, 0.2) is 0 Å². The van der Waals surface area contributed by atoms with Crippen LogP contribution in [0.1, 0.15) is 162 Å². The van der Waals surface area contributed by atoms with Gasteiger partial charge >= 0.3 is 5.97 Å². The molecule has 0 aromatic rings. The molecule has 0 radical (unpaired) electrons. The van der Waals surface area contributed by atoms with E-state index in [1.165, 1.54) is 122 Å². The Bertz CT molecular complexity index is 399. The standard InChI is InChI=1S/C31H62O4/c1-3-5-7-9-11-13-14-15-16-18-20-22-24-26-33-27-28-34-29-30-35-31(32)25-23-21-19-17-12-10-8-6-4-2/h3-30H2,1-2H3. The molecule has 0 aliphatic heterocycles. The van der Waals surface area contributed by atoms with E-state index in [0.29, 0.717) is 32.8 Å². The average Bonchev–Trinajstić information content (AvgIpc) is 2.86. The second-order valence-corrected chi connectivity index (χ2v) is 10.3. The third-order valence-corrected chi connectivity index (χ3v) is 6.74. The maximum absolute atomic E-state index is 11.7. The lowest BCUT2D eigenvalue weighted by Gasteiger charge is -2.07. The van der Waals surface area contributed by atoms with Gasteiger partial charge in [0.1, 0.15) is 6.61 Å². The molecule has 0 aromatic carbocycles. The molecule has 0 rings (SSSR count). The Morgan fingerprint density at radius 1 is 0.400 bits per heavy atom. The van der Waals surface area contributed by atoms with Crippen molar-refractivity contribution in [1.82, 2.24) is 0 Å². The number of carbonyl (C=O) groups is 1. The van der Waals surface area contributed by atoms with Gasteiger partial charge in [-0.15, -0.1) is 0 Å². The lowest BCUT2D eigenvalue weighted by molar-refractivity contribution is -0.145. The van der Waals surface area contributed by atoms with Gasteiger partial charge in [0, 0.05) is 13.0 Å². The smallest absolute Gasteiger partial charge is 0.305 e. The van der Waals surface area contributed by atoms with Gasteiger partial charge in [-0.2, -0.15) is 0 Å². The number of hydrogen-bond acceptors (Lipinski definition) is 4. The fraction of sp³-hybridized carbons (Fsp3) is 0.968. The van der Waals surface area contributed by atoms with E-state index in [1.807, 2.05) is 0 Å². The van der Waals surface area contributed by atoms with Crippen molar-refractivity contribution >= 4 is 5.97 Å². The molecule has 35 heavy (non-hydrogen) atoms. The van der Waals surface area contributed by atoms with Crippen LogP contribution in [0.25, 0.3) is 0 Å². The third-order valence-electron chi connectivity index (χ3n) is 6.74. The van der Waals surface area contributed by atoms with Crippen LogP contribution in [0.2, 0.25) is 0 Å². The summed E-state index contributed by atoms with van der Waals surface area (Å²) in [5, 5.41) is 0. The molecule has 0 aliphatic carbocycles. The summed E-state index contributed by atoms with van der Waals surface area (Å²) < 4.78 is 16.4. The minimum Gasteiger partial charge on any atom is -0.463 e. The average molecular weight is 499 g/mol. The molecule has 0 saturated carbocycles. The first-order valence-electron chi connectivity index (χ1n) is 15.6. The van der Waals surface area contributed by atoms with Crippen molar-refractivity contribution in [1.29, 1.82) is 0 Å². The molecule has 0 amide bonds. The molecule has 0 N–H and O–H groups in total. The van der Waals surface area contributed by atoms with Gasteiger partial charge in [-0.3, -0.25) is 4.79 Å². The molecule has 0 spiro atoms. The Labute approximate surface area is 219 Å². The van der Waals surface area contributed by atoms with Crippen LogP contribution in [0.15, 0.2) is 0 Å². The van der Waals surface area contributed by atoms with Crippen LogP contribution in [0.5, 0.6) is 0 Å². The van der Waals surface area contributed by atoms with Gasteiger partial charge in [-0.05, 0) is 12.8 Å². The van der Waals surface area contributed by atoms with Gasteiger partial charge in [0.25, 0.3) is 0 Å². The van der Waals surface area contributed by atoms with Crippen molar-refractivity contribution in [3.63, 3.8) is 0 Å². The van der Waals surface area contributed by atoms with Crippen molar-refractivity contribution < 1.29 is 19.0 Å². The molecule has 0 fully saturated rings. The lowest BCUT2D eigenvalue weighted by Crippen LogP contribution is -2.13. The second kappa shape index (κ2) is 31.4. The maximum Gasteiger partial charge on any atom is 0.305 e. The van der Waals surface area contributed by atoms with E-state index in [9.17, 15) is 4.79 Å². The minimum atomic E-state index is -0.0878. The zero-order chi connectivity index (χ0) is 25.5. The van der Waals surface area contributed by atoms with Gasteiger partial charge in [-0.1, -0.05) is 142 Å². The molecule has 4 nitrogen and oxygen atoms in total. The number of hydrogen-bond donors (Lipinski definition) is 0. The quantitative estimate of drug-likeness (QED) is 0.0730. The lowest BCUT2D eigenvalue weighted by atomic mass is 10.0. The van der Waals surface area contributed by atoms with Crippen LogP contribution in [-0.4, -0.2) is 39.0 Å². The SMILES string of the molecule is CCCCCCCCCCCCCCCOCCOCCOC(=O)CCCCCCCCCCC. The molecule has 0 saturated heterocycles. The Morgan fingerprint density at radius 2 is 0.743 bits per heavy atom. The largest absolute Gasteiger partial charge is 0.463 e. The zero-order valence-electron chi connectivity index (χ0n) is 23.9. The first-order valence-corrected chi connectivity index (χ1v) is 15.6. The summed E-state index contributed by atoms with van der Waals surface area (Å²) in [6.07, 6.45) is 29.7. The highest BCUT2D eigenvalue weighted by Crippen LogP contribution is 2.13. The van der Waals surface area contributed by atoms with E-state index in [-0.39, 0.29) is 5.97 Å². The molecule has 210 valence electrons. The number of rotatable bonds is 30. The normalized spacial score (nSPS) is 11.3. The number of unbranched alkanes of at least 4 members (excludes halogenated alkanes) is 20. The van der Waals surface area contributed by atoms with Crippen molar-refractivity contribution in [3.05, 3.63) is 0 Å². The molecule has 0 aliphatic rings. The van der Waals surface area contributed by atoms with Crippen LogP contribution < -0.4 is 0 Å².